The summed E-state index contributed by atoms with van der Waals surface area (Å²) >= 11 is 0. The van der Waals surface area contributed by atoms with Crippen LogP contribution in [0.4, 0.5) is 0 Å². The van der Waals surface area contributed by atoms with Gasteiger partial charge in [-0.15, -0.1) is 0 Å². The number of aromatic nitrogens is 1. The molecule has 0 saturated heterocycles. The molecule has 2 rings (SSSR count). The van der Waals surface area contributed by atoms with E-state index in [0.717, 1.165) is 16.5 Å². The minimum Gasteiger partial charge on any atom is -0.394 e. The highest BCUT2D eigenvalue weighted by Gasteiger charge is 2.11. The maximum atomic E-state index is 11.7. The number of H-pyrrole nitrogens is 1. The minimum atomic E-state index is -0.574. The molecule has 0 saturated carbocycles. The summed E-state index contributed by atoms with van der Waals surface area (Å²) < 4.78 is 0. The average Bonchev–Trinajstić information content (AvgIpc) is 2.86. The van der Waals surface area contributed by atoms with E-state index in [0.29, 0.717) is 12.8 Å². The molecule has 0 spiro atoms. The molecule has 102 valence electrons. The third kappa shape index (κ3) is 3.33. The minimum absolute atomic E-state index is 0.168. The van der Waals surface area contributed by atoms with E-state index in [1.165, 1.54) is 0 Å². The number of rotatable bonds is 6. The summed E-state index contributed by atoms with van der Waals surface area (Å²) in [5.74, 6) is -0.168. The van der Waals surface area contributed by atoms with Crippen molar-refractivity contribution in [3.63, 3.8) is 0 Å². The maximum Gasteiger partial charge on any atom is 0.220 e. The first-order valence-corrected chi connectivity index (χ1v) is 6.30. The Kier molecular flexibility index (Phi) is 4.54. The number of hydrogen-bond acceptors (Lipinski definition) is 3. The first-order valence-electron chi connectivity index (χ1n) is 6.30. The normalized spacial score (nSPS) is 11.1. The number of aliphatic hydroxyl groups excluding tert-OH is 2. The van der Waals surface area contributed by atoms with Gasteiger partial charge in [0.1, 0.15) is 0 Å². The van der Waals surface area contributed by atoms with Crippen LogP contribution in [0.15, 0.2) is 30.5 Å². The van der Waals surface area contributed by atoms with Gasteiger partial charge in [0, 0.05) is 23.5 Å². The fourth-order valence-electron chi connectivity index (χ4n) is 2.04. The molecule has 5 heteroatoms. The van der Waals surface area contributed by atoms with Gasteiger partial charge in [0.25, 0.3) is 0 Å². The molecule has 1 heterocycles. The molecule has 4 N–H and O–H groups in total. The topological polar surface area (TPSA) is 85.4 Å². The van der Waals surface area contributed by atoms with Crippen molar-refractivity contribution in [1.82, 2.24) is 10.3 Å². The van der Waals surface area contributed by atoms with Gasteiger partial charge in [-0.2, -0.15) is 0 Å². The van der Waals surface area contributed by atoms with E-state index in [9.17, 15) is 4.79 Å². The lowest BCUT2D eigenvalue weighted by Crippen LogP contribution is -2.40. The predicted octanol–water partition coefficient (Wildman–Crippen LogP) is 0.570. The molecule has 19 heavy (non-hydrogen) atoms. The monoisotopic (exact) mass is 262 g/mol. The molecule has 0 aliphatic rings. The van der Waals surface area contributed by atoms with Gasteiger partial charge in [0.05, 0.1) is 19.3 Å². The molecular weight excluding hydrogens is 244 g/mol. The zero-order valence-electron chi connectivity index (χ0n) is 10.6. The number of hydrogen-bond donors (Lipinski definition) is 4. The molecule has 1 aromatic carbocycles. The van der Waals surface area contributed by atoms with Crippen molar-refractivity contribution < 1.29 is 15.0 Å². The second-order valence-corrected chi connectivity index (χ2v) is 4.49. The number of carbonyl (C=O) groups is 1. The fourth-order valence-corrected chi connectivity index (χ4v) is 2.04. The number of aryl methyl sites for hydroxylation is 1. The Morgan fingerprint density at radius 2 is 2.00 bits per heavy atom. The van der Waals surface area contributed by atoms with Gasteiger partial charge < -0.3 is 20.5 Å². The van der Waals surface area contributed by atoms with Crippen LogP contribution in [0.1, 0.15) is 12.0 Å². The zero-order valence-corrected chi connectivity index (χ0v) is 10.6. The second kappa shape index (κ2) is 6.36. The Morgan fingerprint density at radius 1 is 1.26 bits per heavy atom. The molecule has 0 aliphatic carbocycles. The van der Waals surface area contributed by atoms with Crippen molar-refractivity contribution >= 4 is 16.8 Å². The molecule has 0 fully saturated rings. The van der Waals surface area contributed by atoms with E-state index in [1.807, 2.05) is 30.5 Å². The zero-order chi connectivity index (χ0) is 13.7. The van der Waals surface area contributed by atoms with E-state index < -0.39 is 6.04 Å². The molecular formula is C14H18N2O3. The number of para-hydroxylation sites is 1. The van der Waals surface area contributed by atoms with Gasteiger partial charge in [-0.3, -0.25) is 4.79 Å². The van der Waals surface area contributed by atoms with Crippen LogP contribution < -0.4 is 5.32 Å². The largest absolute Gasteiger partial charge is 0.394 e. The first-order chi connectivity index (χ1) is 9.24. The van der Waals surface area contributed by atoms with Crippen LogP contribution in [-0.4, -0.2) is 40.4 Å². The van der Waals surface area contributed by atoms with Crippen LogP contribution in [0.25, 0.3) is 10.9 Å². The van der Waals surface area contributed by atoms with Crippen LogP contribution in [0.3, 0.4) is 0 Å². The van der Waals surface area contributed by atoms with E-state index in [4.69, 9.17) is 10.2 Å². The lowest BCUT2D eigenvalue weighted by molar-refractivity contribution is -0.122. The Balaban J connectivity index is 1.93. The highest BCUT2D eigenvalue weighted by molar-refractivity contribution is 5.84. The molecule has 5 nitrogen and oxygen atoms in total. The summed E-state index contributed by atoms with van der Waals surface area (Å²) in [5.41, 5.74) is 2.15. The number of amides is 1. The Morgan fingerprint density at radius 3 is 2.74 bits per heavy atom. The fraction of sp³-hybridized carbons (Fsp3) is 0.357. The lowest BCUT2D eigenvalue weighted by Gasteiger charge is -2.12. The van der Waals surface area contributed by atoms with Gasteiger partial charge in [-0.25, -0.2) is 0 Å². The van der Waals surface area contributed by atoms with Gasteiger partial charge >= 0.3 is 0 Å². The van der Waals surface area contributed by atoms with Gasteiger partial charge in [0.15, 0.2) is 0 Å². The summed E-state index contributed by atoms with van der Waals surface area (Å²) in [5, 5.41) is 21.5. The van der Waals surface area contributed by atoms with E-state index >= 15 is 0 Å². The summed E-state index contributed by atoms with van der Waals surface area (Å²) in [4.78, 5) is 14.8. The van der Waals surface area contributed by atoms with Gasteiger partial charge in [0.2, 0.25) is 5.91 Å². The van der Waals surface area contributed by atoms with E-state index in [-0.39, 0.29) is 19.1 Å². The summed E-state index contributed by atoms with van der Waals surface area (Å²) in [7, 11) is 0. The van der Waals surface area contributed by atoms with Gasteiger partial charge in [-0.05, 0) is 18.1 Å². The van der Waals surface area contributed by atoms with Crippen LogP contribution in [0.5, 0.6) is 0 Å². The molecule has 0 bridgehead atoms. The summed E-state index contributed by atoms with van der Waals surface area (Å²) in [6.07, 6.45) is 2.87. The van der Waals surface area contributed by atoms with E-state index in [2.05, 4.69) is 10.3 Å². The van der Waals surface area contributed by atoms with Crippen LogP contribution in [0.2, 0.25) is 0 Å². The average molecular weight is 262 g/mol. The third-order valence-corrected chi connectivity index (χ3v) is 3.10. The number of aromatic amines is 1. The quantitative estimate of drug-likeness (QED) is 0.614. The molecule has 0 radical (unpaired) electrons. The van der Waals surface area contributed by atoms with Crippen molar-refractivity contribution in [2.45, 2.75) is 18.9 Å². The molecule has 0 aliphatic heterocycles. The van der Waals surface area contributed by atoms with Crippen LogP contribution >= 0.6 is 0 Å². The Hall–Kier alpha value is -1.85. The van der Waals surface area contributed by atoms with Crippen molar-refractivity contribution in [2.75, 3.05) is 13.2 Å². The smallest absolute Gasteiger partial charge is 0.220 e. The maximum absolute atomic E-state index is 11.7. The summed E-state index contributed by atoms with van der Waals surface area (Å²) in [6.45, 7) is -0.509. The number of benzene rings is 1. The Bertz CT molecular complexity index is 546. The number of fused-ring (bicyclic) bond motifs is 1. The molecule has 1 amide bonds. The van der Waals surface area contributed by atoms with Crippen LogP contribution in [0, 0.1) is 0 Å². The first kappa shape index (κ1) is 13.6. The summed E-state index contributed by atoms with van der Waals surface area (Å²) in [6, 6.07) is 7.36. The number of nitrogens with one attached hydrogen (secondary N) is 2. The lowest BCUT2D eigenvalue weighted by atomic mass is 10.1. The standard InChI is InChI=1S/C14H18N2O3/c17-8-11(9-18)16-14(19)6-5-10-7-15-13-4-2-1-3-12(10)13/h1-4,7,11,15,17-18H,5-6,8-9H2,(H,16,19). The Labute approximate surface area is 111 Å². The van der Waals surface area contributed by atoms with Crippen LogP contribution in [-0.2, 0) is 11.2 Å². The molecule has 0 atom stereocenters. The molecule has 0 unspecified atom stereocenters. The predicted molar refractivity (Wildman–Crippen MR) is 72.7 cm³/mol. The SMILES string of the molecule is O=C(CCc1c[nH]c2ccccc12)NC(CO)CO. The van der Waals surface area contributed by atoms with Crippen molar-refractivity contribution in [3.05, 3.63) is 36.0 Å². The highest BCUT2D eigenvalue weighted by Crippen LogP contribution is 2.18. The van der Waals surface area contributed by atoms with Crippen molar-refractivity contribution in [3.8, 4) is 0 Å². The van der Waals surface area contributed by atoms with Gasteiger partial charge in [-0.1, -0.05) is 18.2 Å². The third-order valence-electron chi connectivity index (χ3n) is 3.10. The van der Waals surface area contributed by atoms with Crippen molar-refractivity contribution in [1.29, 1.82) is 0 Å². The number of aliphatic hydroxyl groups is 2. The molecule has 2 aromatic rings. The second-order valence-electron chi connectivity index (χ2n) is 4.49. The number of carbonyl (C=O) groups excluding carboxylic acids is 1. The molecule has 1 aromatic heterocycles. The van der Waals surface area contributed by atoms with E-state index in [1.54, 1.807) is 0 Å². The highest BCUT2D eigenvalue weighted by atomic mass is 16.3. The van der Waals surface area contributed by atoms with Crippen molar-refractivity contribution in [2.24, 2.45) is 0 Å².